The Balaban J connectivity index is 2.06. The number of nitrogens with one attached hydrogen (secondary N) is 1. The van der Waals surface area contributed by atoms with E-state index < -0.39 is 28.5 Å². The van der Waals surface area contributed by atoms with E-state index in [1.807, 2.05) is 13.8 Å². The van der Waals surface area contributed by atoms with Gasteiger partial charge in [0.15, 0.2) is 0 Å². The minimum Gasteiger partial charge on any atom is -0.495 e. The molecule has 3 aromatic rings. The molecular weight excluding hydrogens is 573 g/mol. The standard InChI is InChI=1S/C29H33Cl2N3O5S/c1-20(2)17-32-29(36)21(3)33(18-22-10-12-23(30)13-11-22)28(35)19-34(26-16-24(31)14-15-27(26)39-4)40(37,38)25-8-6-5-7-9-25/h5-16,20-21H,17-19H2,1-4H3,(H,32,36). The molecule has 11 heteroatoms. The molecule has 0 saturated carbocycles. The van der Waals surface area contributed by atoms with Crippen molar-refractivity contribution in [1.82, 2.24) is 10.2 Å². The van der Waals surface area contributed by atoms with Crippen LogP contribution in [0.4, 0.5) is 5.69 Å². The van der Waals surface area contributed by atoms with Gasteiger partial charge in [-0.1, -0.05) is 67.4 Å². The molecule has 0 radical (unpaired) electrons. The summed E-state index contributed by atoms with van der Waals surface area (Å²) in [5.74, 6) is -0.528. The van der Waals surface area contributed by atoms with Gasteiger partial charge in [-0.05, 0) is 60.9 Å². The second-order valence-electron chi connectivity index (χ2n) is 9.60. The molecule has 1 unspecified atom stereocenters. The summed E-state index contributed by atoms with van der Waals surface area (Å²) < 4.78 is 34.2. The first-order chi connectivity index (χ1) is 18.9. The maximum atomic E-state index is 14.0. The van der Waals surface area contributed by atoms with E-state index >= 15 is 0 Å². The molecule has 8 nitrogen and oxygen atoms in total. The first-order valence-electron chi connectivity index (χ1n) is 12.7. The number of amides is 2. The first kappa shape index (κ1) is 31.3. The molecule has 0 spiro atoms. The summed E-state index contributed by atoms with van der Waals surface area (Å²) in [6.45, 7) is 5.42. The fraction of sp³-hybridized carbons (Fsp3) is 0.310. The van der Waals surface area contributed by atoms with E-state index in [1.165, 1.54) is 36.3 Å². The largest absolute Gasteiger partial charge is 0.495 e. The number of rotatable bonds is 12. The second kappa shape index (κ2) is 13.9. The van der Waals surface area contributed by atoms with Crippen molar-refractivity contribution in [3.05, 3.63) is 88.4 Å². The Kier molecular flexibility index (Phi) is 10.8. The molecule has 0 saturated heterocycles. The maximum Gasteiger partial charge on any atom is 0.264 e. The minimum atomic E-state index is -4.25. The molecule has 0 aliphatic carbocycles. The van der Waals surface area contributed by atoms with Gasteiger partial charge in [0.05, 0.1) is 17.7 Å². The molecule has 2 amide bonds. The molecule has 1 atom stereocenters. The Morgan fingerprint density at radius 2 is 1.55 bits per heavy atom. The lowest BCUT2D eigenvalue weighted by molar-refractivity contribution is -0.139. The zero-order valence-corrected chi connectivity index (χ0v) is 25.1. The topological polar surface area (TPSA) is 96.0 Å². The van der Waals surface area contributed by atoms with Gasteiger partial charge < -0.3 is 15.0 Å². The van der Waals surface area contributed by atoms with E-state index in [0.29, 0.717) is 11.6 Å². The number of anilines is 1. The van der Waals surface area contributed by atoms with Crippen LogP contribution in [0.5, 0.6) is 5.75 Å². The number of benzene rings is 3. The number of halogens is 2. The third-order valence-corrected chi connectivity index (χ3v) is 8.40. The number of carbonyl (C=O) groups excluding carboxylic acids is 2. The summed E-state index contributed by atoms with van der Waals surface area (Å²) in [5, 5.41) is 3.64. The number of nitrogens with zero attached hydrogens (tertiary/aromatic N) is 2. The van der Waals surface area contributed by atoms with Crippen LogP contribution in [0.15, 0.2) is 77.7 Å². The Hall–Kier alpha value is -3.27. The van der Waals surface area contributed by atoms with Crippen molar-refractivity contribution in [2.75, 3.05) is 24.5 Å². The average molecular weight is 607 g/mol. The van der Waals surface area contributed by atoms with Gasteiger partial charge in [0.25, 0.3) is 10.0 Å². The molecule has 0 aliphatic heterocycles. The Morgan fingerprint density at radius 3 is 2.15 bits per heavy atom. The van der Waals surface area contributed by atoms with Crippen molar-refractivity contribution < 1.29 is 22.7 Å². The number of sulfonamides is 1. The van der Waals surface area contributed by atoms with Crippen LogP contribution in [-0.2, 0) is 26.2 Å². The lowest BCUT2D eigenvalue weighted by Crippen LogP contribution is -2.51. The van der Waals surface area contributed by atoms with Gasteiger partial charge in [-0.15, -0.1) is 0 Å². The molecule has 214 valence electrons. The van der Waals surface area contributed by atoms with Crippen LogP contribution in [0.3, 0.4) is 0 Å². The molecule has 0 fully saturated rings. The number of carbonyl (C=O) groups is 2. The highest BCUT2D eigenvalue weighted by Gasteiger charge is 2.34. The molecule has 0 aliphatic rings. The fourth-order valence-corrected chi connectivity index (χ4v) is 5.64. The van der Waals surface area contributed by atoms with Crippen LogP contribution < -0.4 is 14.4 Å². The highest BCUT2D eigenvalue weighted by Crippen LogP contribution is 2.35. The van der Waals surface area contributed by atoms with Crippen molar-refractivity contribution in [1.29, 1.82) is 0 Å². The van der Waals surface area contributed by atoms with E-state index in [4.69, 9.17) is 27.9 Å². The molecule has 3 rings (SSSR count). The van der Waals surface area contributed by atoms with Crippen molar-refractivity contribution in [2.24, 2.45) is 5.92 Å². The Morgan fingerprint density at radius 1 is 0.925 bits per heavy atom. The lowest BCUT2D eigenvalue weighted by Gasteiger charge is -2.32. The van der Waals surface area contributed by atoms with Crippen LogP contribution >= 0.6 is 23.2 Å². The molecule has 0 heterocycles. The van der Waals surface area contributed by atoms with Gasteiger partial charge in [0.1, 0.15) is 18.3 Å². The average Bonchev–Trinajstić information content (AvgIpc) is 2.94. The maximum absolute atomic E-state index is 14.0. The molecule has 1 N–H and O–H groups in total. The van der Waals surface area contributed by atoms with E-state index in [9.17, 15) is 18.0 Å². The van der Waals surface area contributed by atoms with Gasteiger partial charge in [-0.25, -0.2) is 8.42 Å². The third kappa shape index (κ3) is 7.90. The van der Waals surface area contributed by atoms with Crippen LogP contribution in [0.2, 0.25) is 10.0 Å². The predicted octanol–water partition coefficient (Wildman–Crippen LogP) is 5.39. The molecule has 0 bridgehead atoms. The predicted molar refractivity (Wildman–Crippen MR) is 158 cm³/mol. The summed E-state index contributed by atoms with van der Waals surface area (Å²) in [6, 6.07) is 18.3. The van der Waals surface area contributed by atoms with Crippen molar-refractivity contribution in [3.63, 3.8) is 0 Å². The van der Waals surface area contributed by atoms with Gasteiger partial charge in [-0.3, -0.25) is 13.9 Å². The molecule has 3 aromatic carbocycles. The number of hydrogen-bond donors (Lipinski definition) is 1. The normalized spacial score (nSPS) is 12.1. The van der Waals surface area contributed by atoms with E-state index in [1.54, 1.807) is 55.5 Å². The van der Waals surface area contributed by atoms with Gasteiger partial charge in [0, 0.05) is 23.1 Å². The summed E-state index contributed by atoms with van der Waals surface area (Å²) >= 11 is 12.3. The van der Waals surface area contributed by atoms with E-state index in [2.05, 4.69) is 5.32 Å². The number of methoxy groups -OCH3 is 1. The SMILES string of the molecule is COc1ccc(Cl)cc1N(CC(=O)N(Cc1ccc(Cl)cc1)C(C)C(=O)NCC(C)C)S(=O)(=O)c1ccccc1. The Bertz CT molecular complexity index is 1420. The monoisotopic (exact) mass is 605 g/mol. The van der Waals surface area contributed by atoms with Crippen molar-refractivity contribution in [3.8, 4) is 5.75 Å². The lowest BCUT2D eigenvalue weighted by atomic mass is 10.1. The van der Waals surface area contributed by atoms with E-state index in [-0.39, 0.29) is 39.7 Å². The van der Waals surface area contributed by atoms with Crippen LogP contribution in [0.25, 0.3) is 0 Å². The fourth-order valence-electron chi connectivity index (χ4n) is 3.91. The van der Waals surface area contributed by atoms with Gasteiger partial charge in [-0.2, -0.15) is 0 Å². The second-order valence-corrected chi connectivity index (χ2v) is 12.3. The summed E-state index contributed by atoms with van der Waals surface area (Å²) in [4.78, 5) is 28.4. The molecular formula is C29H33Cl2N3O5S. The summed E-state index contributed by atoms with van der Waals surface area (Å²) in [6.07, 6.45) is 0. The third-order valence-electron chi connectivity index (χ3n) is 6.14. The summed E-state index contributed by atoms with van der Waals surface area (Å²) in [7, 11) is -2.85. The number of hydrogen-bond acceptors (Lipinski definition) is 5. The first-order valence-corrected chi connectivity index (χ1v) is 14.9. The summed E-state index contributed by atoms with van der Waals surface area (Å²) in [5.41, 5.74) is 0.814. The zero-order valence-electron chi connectivity index (χ0n) is 22.8. The Labute approximate surface area is 245 Å². The van der Waals surface area contributed by atoms with Gasteiger partial charge >= 0.3 is 0 Å². The van der Waals surface area contributed by atoms with Crippen LogP contribution in [0.1, 0.15) is 26.3 Å². The van der Waals surface area contributed by atoms with E-state index in [0.717, 1.165) is 9.87 Å². The van der Waals surface area contributed by atoms with Gasteiger partial charge in [0.2, 0.25) is 11.8 Å². The smallest absolute Gasteiger partial charge is 0.264 e. The van der Waals surface area contributed by atoms with Crippen LogP contribution in [0, 0.1) is 5.92 Å². The molecule has 40 heavy (non-hydrogen) atoms. The highest BCUT2D eigenvalue weighted by molar-refractivity contribution is 7.92. The van der Waals surface area contributed by atoms with Crippen LogP contribution in [-0.4, -0.2) is 51.4 Å². The van der Waals surface area contributed by atoms with Crippen molar-refractivity contribution >= 4 is 50.7 Å². The highest BCUT2D eigenvalue weighted by atomic mass is 35.5. The van der Waals surface area contributed by atoms with Crippen molar-refractivity contribution in [2.45, 2.75) is 38.3 Å². The quantitative estimate of drug-likeness (QED) is 0.299. The molecule has 0 aromatic heterocycles. The number of ether oxygens (including phenoxy) is 1. The zero-order chi connectivity index (χ0) is 29.4. The minimum absolute atomic E-state index is 0.0168.